The number of anilines is 1. The van der Waals surface area contributed by atoms with Crippen molar-refractivity contribution in [2.75, 3.05) is 18.5 Å². The third kappa shape index (κ3) is 2.74. The van der Waals surface area contributed by atoms with E-state index < -0.39 is 0 Å². The number of benzene rings is 1. The largest absolute Gasteiger partial charge is 0.494 e. The molecule has 0 saturated carbocycles. The van der Waals surface area contributed by atoms with Crippen LogP contribution in [0, 0.1) is 10.1 Å². The molecule has 6 heteroatoms. The van der Waals surface area contributed by atoms with E-state index in [0.29, 0.717) is 18.1 Å². The molecular weight excluding hydrogens is 248 g/mol. The first kappa shape index (κ1) is 13.1. The molecule has 0 bridgehead atoms. The highest BCUT2D eigenvalue weighted by Gasteiger charge is 2.29. The zero-order chi connectivity index (χ0) is 13.8. The van der Waals surface area contributed by atoms with Crippen molar-refractivity contribution in [2.24, 2.45) is 0 Å². The summed E-state index contributed by atoms with van der Waals surface area (Å²) in [6.45, 7) is 2.27. The molecule has 1 aliphatic heterocycles. The fraction of sp³-hybridized carbons (Fsp3) is 0.385. The topological polar surface area (TPSA) is 81.5 Å². The van der Waals surface area contributed by atoms with Gasteiger partial charge in [-0.3, -0.25) is 10.1 Å². The van der Waals surface area contributed by atoms with Gasteiger partial charge in [0.25, 0.3) is 0 Å². The van der Waals surface area contributed by atoms with Gasteiger partial charge in [0.15, 0.2) is 0 Å². The van der Waals surface area contributed by atoms with Gasteiger partial charge in [-0.15, -0.1) is 0 Å². The molecule has 0 aromatic heterocycles. The number of hydrogen-bond acceptors (Lipinski definition) is 5. The van der Waals surface area contributed by atoms with Gasteiger partial charge in [0.2, 0.25) is 6.54 Å². The van der Waals surface area contributed by atoms with Gasteiger partial charge in [0.05, 0.1) is 6.61 Å². The summed E-state index contributed by atoms with van der Waals surface area (Å²) in [5.74, 6) is 2.25. The van der Waals surface area contributed by atoms with Crippen molar-refractivity contribution < 1.29 is 14.5 Å². The van der Waals surface area contributed by atoms with Crippen LogP contribution in [-0.2, 0) is 4.79 Å². The van der Waals surface area contributed by atoms with Crippen LogP contribution in [0.2, 0.25) is 0 Å². The molecule has 1 N–H and O–H groups in total. The molecule has 6 nitrogen and oxygen atoms in total. The molecule has 1 aromatic rings. The number of rotatable bonds is 5. The normalized spacial score (nSPS) is 16.5. The number of fused-ring (bicyclic) bond motifs is 1. The summed E-state index contributed by atoms with van der Waals surface area (Å²) >= 11 is 0. The second-order valence-electron chi connectivity index (χ2n) is 4.22. The molecular formula is C13H14N2O4. The van der Waals surface area contributed by atoms with Crippen LogP contribution in [0.4, 0.5) is 5.69 Å². The number of allylic oxidation sites excluding steroid dienone is 1. The minimum Gasteiger partial charge on any atom is -0.494 e. The molecule has 0 spiro atoms. The monoisotopic (exact) mass is 262 g/mol. The van der Waals surface area contributed by atoms with Crippen LogP contribution >= 0.6 is 0 Å². The lowest BCUT2D eigenvalue weighted by Gasteiger charge is -2.08. The Morgan fingerprint density at radius 2 is 2.32 bits per heavy atom. The predicted molar refractivity (Wildman–Crippen MR) is 69.7 cm³/mol. The Morgan fingerprint density at radius 1 is 1.53 bits per heavy atom. The molecule has 0 aliphatic carbocycles. The Bertz CT molecular complexity index is 550. The molecule has 0 saturated heterocycles. The quantitative estimate of drug-likeness (QED) is 0.498. The molecule has 1 aromatic carbocycles. The Kier molecular flexibility index (Phi) is 3.82. The van der Waals surface area contributed by atoms with Crippen molar-refractivity contribution in [1.29, 1.82) is 0 Å². The summed E-state index contributed by atoms with van der Waals surface area (Å²) in [6.07, 6.45) is 0.283. The van der Waals surface area contributed by atoms with Crippen LogP contribution in [-0.4, -0.2) is 24.0 Å². The van der Waals surface area contributed by atoms with Crippen LogP contribution in [0.5, 0.6) is 5.75 Å². The van der Waals surface area contributed by atoms with Crippen molar-refractivity contribution >= 4 is 11.6 Å². The van der Waals surface area contributed by atoms with Crippen LogP contribution in [0.15, 0.2) is 23.9 Å². The van der Waals surface area contributed by atoms with Gasteiger partial charge < -0.3 is 10.1 Å². The lowest BCUT2D eigenvalue weighted by molar-refractivity contribution is -0.480. The fourth-order valence-corrected chi connectivity index (χ4v) is 2.22. The van der Waals surface area contributed by atoms with Crippen molar-refractivity contribution in [3.63, 3.8) is 0 Å². The van der Waals surface area contributed by atoms with E-state index in [9.17, 15) is 14.9 Å². The summed E-state index contributed by atoms with van der Waals surface area (Å²) in [7, 11) is 0. The summed E-state index contributed by atoms with van der Waals surface area (Å²) in [6, 6.07) is 5.43. The second kappa shape index (κ2) is 5.54. The van der Waals surface area contributed by atoms with Crippen LogP contribution < -0.4 is 10.1 Å². The Morgan fingerprint density at radius 3 is 2.95 bits per heavy atom. The Labute approximate surface area is 110 Å². The second-order valence-corrected chi connectivity index (χ2v) is 4.22. The third-order valence-corrected chi connectivity index (χ3v) is 3.04. The number of nitrogens with zero attached hydrogens (tertiary/aromatic N) is 1. The summed E-state index contributed by atoms with van der Waals surface area (Å²) in [4.78, 5) is 21.0. The van der Waals surface area contributed by atoms with Crippen LogP contribution in [0.1, 0.15) is 24.8 Å². The maximum atomic E-state index is 10.9. The minimum absolute atomic E-state index is 0.176. The van der Waals surface area contributed by atoms with Gasteiger partial charge in [0.1, 0.15) is 17.4 Å². The Hall–Kier alpha value is -2.33. The first-order chi connectivity index (χ1) is 9.15. The summed E-state index contributed by atoms with van der Waals surface area (Å²) < 4.78 is 5.38. The van der Waals surface area contributed by atoms with E-state index in [1.165, 1.54) is 0 Å². The van der Waals surface area contributed by atoms with Crippen LogP contribution in [0.3, 0.4) is 0 Å². The van der Waals surface area contributed by atoms with Gasteiger partial charge in [-0.25, -0.2) is 4.79 Å². The van der Waals surface area contributed by atoms with Gasteiger partial charge in [-0.1, -0.05) is 6.07 Å². The average molecular weight is 262 g/mol. The number of nitrogens with one attached hydrogen (secondary N) is 1. The van der Waals surface area contributed by atoms with Gasteiger partial charge >= 0.3 is 0 Å². The minimum atomic E-state index is -0.380. The fourth-order valence-electron chi connectivity index (χ4n) is 2.22. The van der Waals surface area contributed by atoms with Gasteiger partial charge in [-0.2, -0.15) is 0 Å². The van der Waals surface area contributed by atoms with E-state index in [-0.39, 0.29) is 23.8 Å². The molecule has 19 heavy (non-hydrogen) atoms. The van der Waals surface area contributed by atoms with E-state index in [1.807, 2.05) is 18.9 Å². The van der Waals surface area contributed by atoms with Crippen molar-refractivity contribution in [3.05, 3.63) is 39.6 Å². The number of nitro groups is 1. The van der Waals surface area contributed by atoms with Crippen molar-refractivity contribution in [1.82, 2.24) is 0 Å². The summed E-state index contributed by atoms with van der Waals surface area (Å²) in [5, 5.41) is 13.4. The number of carbonyl (C=O) groups excluding carboxylic acids is 1. The zero-order valence-corrected chi connectivity index (χ0v) is 10.5. The molecule has 1 aliphatic rings. The number of ether oxygens (including phenoxy) is 1. The maximum Gasteiger partial charge on any atom is 0.204 e. The Balaban J connectivity index is 2.26. The maximum absolute atomic E-state index is 10.9. The van der Waals surface area contributed by atoms with E-state index >= 15 is 0 Å². The molecule has 0 radical (unpaired) electrons. The standard InChI is InChI=1S/C13H14N2O4/c1-2-19-9-3-4-10-11(5-6-15(17)18)13(8-16)14-12(10)7-9/h3-4,7,11,14H,2,5-6H2,1H3. The molecule has 1 atom stereocenters. The molecule has 1 unspecified atom stereocenters. The lowest BCUT2D eigenvalue weighted by atomic mass is 9.95. The zero-order valence-electron chi connectivity index (χ0n) is 10.5. The lowest BCUT2D eigenvalue weighted by Crippen LogP contribution is -2.08. The predicted octanol–water partition coefficient (Wildman–Crippen LogP) is 1.98. The van der Waals surface area contributed by atoms with Crippen molar-refractivity contribution in [2.45, 2.75) is 19.3 Å². The first-order valence-electron chi connectivity index (χ1n) is 6.06. The SMILES string of the molecule is CCOc1ccc2c(c1)NC(=C=O)C2CC[N+](=O)[O-]. The number of hydrogen-bond donors (Lipinski definition) is 1. The molecule has 0 amide bonds. The molecule has 2 rings (SSSR count). The molecule has 0 fully saturated rings. The highest BCUT2D eigenvalue weighted by molar-refractivity contribution is 5.75. The smallest absolute Gasteiger partial charge is 0.204 e. The van der Waals surface area contributed by atoms with Crippen LogP contribution in [0.25, 0.3) is 0 Å². The molecule has 1 heterocycles. The van der Waals surface area contributed by atoms with Gasteiger partial charge in [-0.05, 0) is 18.6 Å². The third-order valence-electron chi connectivity index (χ3n) is 3.04. The van der Waals surface area contributed by atoms with E-state index in [1.54, 1.807) is 12.1 Å². The highest BCUT2D eigenvalue weighted by atomic mass is 16.6. The van der Waals surface area contributed by atoms with E-state index in [4.69, 9.17) is 4.74 Å². The average Bonchev–Trinajstić information content (AvgIpc) is 2.73. The van der Waals surface area contributed by atoms with Gasteiger partial charge in [0, 0.05) is 29.0 Å². The van der Waals surface area contributed by atoms with Crippen molar-refractivity contribution in [3.8, 4) is 5.75 Å². The molecule has 100 valence electrons. The van der Waals surface area contributed by atoms with E-state index in [0.717, 1.165) is 11.3 Å². The van der Waals surface area contributed by atoms with E-state index in [2.05, 4.69) is 5.32 Å². The first-order valence-corrected chi connectivity index (χ1v) is 6.06. The summed E-state index contributed by atoms with van der Waals surface area (Å²) in [5.41, 5.74) is 1.99. The highest BCUT2D eigenvalue weighted by Crippen LogP contribution is 2.41.